The lowest BCUT2D eigenvalue weighted by Crippen LogP contribution is -2.42. The third-order valence-corrected chi connectivity index (χ3v) is 3.95. The molecule has 2 rings (SSSR count). The van der Waals surface area contributed by atoms with E-state index in [9.17, 15) is 4.79 Å². The van der Waals surface area contributed by atoms with Crippen molar-refractivity contribution in [3.8, 4) is 5.75 Å². The van der Waals surface area contributed by atoms with E-state index in [1.807, 2.05) is 25.1 Å². The number of rotatable bonds is 4. The maximum Gasteiger partial charge on any atom is 0.255 e. The van der Waals surface area contributed by atoms with Gasteiger partial charge in [-0.3, -0.25) is 4.79 Å². The van der Waals surface area contributed by atoms with Crippen LogP contribution in [0.2, 0.25) is 0 Å². The van der Waals surface area contributed by atoms with E-state index in [0.29, 0.717) is 17.9 Å². The average molecular weight is 282 g/mol. The molecule has 0 aliphatic heterocycles. The van der Waals surface area contributed by atoms with Crippen LogP contribution >= 0.6 is 11.6 Å². The third kappa shape index (κ3) is 3.63. The maximum atomic E-state index is 12.3. The molecule has 0 spiro atoms. The molecule has 1 amide bonds. The van der Waals surface area contributed by atoms with Gasteiger partial charge in [-0.05, 0) is 31.9 Å². The minimum absolute atomic E-state index is 0.0388. The molecular formula is C15H20ClNO2. The van der Waals surface area contributed by atoms with Crippen LogP contribution in [-0.2, 0) is 0 Å². The van der Waals surface area contributed by atoms with Gasteiger partial charge in [-0.1, -0.05) is 25.0 Å². The average Bonchev–Trinajstić information content (AvgIpc) is 2.42. The van der Waals surface area contributed by atoms with Gasteiger partial charge < -0.3 is 10.1 Å². The molecule has 2 atom stereocenters. The van der Waals surface area contributed by atoms with E-state index in [1.54, 1.807) is 6.07 Å². The van der Waals surface area contributed by atoms with E-state index in [2.05, 4.69) is 5.32 Å². The van der Waals surface area contributed by atoms with E-state index in [4.69, 9.17) is 16.3 Å². The molecule has 1 aromatic carbocycles. The van der Waals surface area contributed by atoms with Crippen LogP contribution in [0.1, 0.15) is 43.0 Å². The summed E-state index contributed by atoms with van der Waals surface area (Å²) in [4.78, 5) is 12.3. The Balaban J connectivity index is 2.06. The highest BCUT2D eigenvalue weighted by molar-refractivity contribution is 6.21. The fourth-order valence-corrected chi connectivity index (χ4v) is 2.77. The van der Waals surface area contributed by atoms with Crippen molar-refractivity contribution in [1.29, 1.82) is 0 Å². The van der Waals surface area contributed by atoms with Crippen LogP contribution < -0.4 is 10.1 Å². The van der Waals surface area contributed by atoms with Gasteiger partial charge in [0, 0.05) is 6.04 Å². The molecule has 0 heterocycles. The van der Waals surface area contributed by atoms with Gasteiger partial charge in [0.25, 0.3) is 5.91 Å². The fourth-order valence-electron chi connectivity index (χ4n) is 2.43. The zero-order valence-electron chi connectivity index (χ0n) is 11.2. The van der Waals surface area contributed by atoms with Crippen molar-refractivity contribution in [1.82, 2.24) is 5.32 Å². The number of nitrogens with one attached hydrogen (secondary N) is 1. The highest BCUT2D eigenvalue weighted by Crippen LogP contribution is 2.24. The van der Waals surface area contributed by atoms with E-state index < -0.39 is 0 Å². The fraction of sp³-hybridized carbons (Fsp3) is 0.533. The summed E-state index contributed by atoms with van der Waals surface area (Å²) in [6.07, 6.45) is 4.20. The van der Waals surface area contributed by atoms with Gasteiger partial charge in [-0.15, -0.1) is 11.6 Å². The minimum atomic E-state index is -0.0957. The first-order valence-corrected chi connectivity index (χ1v) is 7.32. The molecule has 104 valence electrons. The molecule has 0 aromatic heterocycles. The number of amides is 1. The third-order valence-electron chi connectivity index (χ3n) is 3.43. The largest absolute Gasteiger partial charge is 0.493 e. The summed E-state index contributed by atoms with van der Waals surface area (Å²) in [7, 11) is 0. The summed E-state index contributed by atoms with van der Waals surface area (Å²) in [5.41, 5.74) is 0.582. The number of benzene rings is 1. The van der Waals surface area contributed by atoms with Gasteiger partial charge in [0.05, 0.1) is 17.5 Å². The number of halogens is 1. The number of carbonyl (C=O) groups is 1. The number of alkyl halides is 1. The lowest BCUT2D eigenvalue weighted by atomic mass is 9.94. The summed E-state index contributed by atoms with van der Waals surface area (Å²) in [5.74, 6) is 0.533. The molecule has 1 aromatic rings. The van der Waals surface area contributed by atoms with Crippen molar-refractivity contribution in [2.24, 2.45) is 0 Å². The van der Waals surface area contributed by atoms with Crippen molar-refractivity contribution in [2.45, 2.75) is 44.0 Å². The first-order chi connectivity index (χ1) is 9.22. The standard InChI is InChI=1S/C15H20ClNO2/c1-2-19-14-10-6-3-7-11(14)15(18)17-13-9-5-4-8-12(13)16/h3,6-7,10,12-13H,2,4-5,8-9H2,1H3,(H,17,18). The SMILES string of the molecule is CCOc1ccccc1C(=O)NC1CCCCC1Cl. The molecule has 4 heteroatoms. The Morgan fingerprint density at radius 1 is 1.37 bits per heavy atom. The van der Waals surface area contributed by atoms with Crippen molar-refractivity contribution in [3.63, 3.8) is 0 Å². The molecule has 19 heavy (non-hydrogen) atoms. The predicted molar refractivity (Wildman–Crippen MR) is 77.0 cm³/mol. The van der Waals surface area contributed by atoms with E-state index in [-0.39, 0.29) is 17.3 Å². The van der Waals surface area contributed by atoms with Crippen molar-refractivity contribution in [3.05, 3.63) is 29.8 Å². The van der Waals surface area contributed by atoms with Gasteiger partial charge in [-0.2, -0.15) is 0 Å². The van der Waals surface area contributed by atoms with Crippen LogP contribution in [0.5, 0.6) is 5.75 Å². The number of hydrogen-bond acceptors (Lipinski definition) is 2. The number of hydrogen-bond donors (Lipinski definition) is 1. The topological polar surface area (TPSA) is 38.3 Å². The van der Waals surface area contributed by atoms with Gasteiger partial charge in [-0.25, -0.2) is 0 Å². The zero-order valence-corrected chi connectivity index (χ0v) is 12.0. The number of ether oxygens (including phenoxy) is 1. The second kappa shape index (κ2) is 6.80. The van der Waals surface area contributed by atoms with Gasteiger partial charge in [0.15, 0.2) is 0 Å². The zero-order chi connectivity index (χ0) is 13.7. The molecule has 3 nitrogen and oxygen atoms in total. The highest BCUT2D eigenvalue weighted by atomic mass is 35.5. The van der Waals surface area contributed by atoms with Crippen LogP contribution in [0.4, 0.5) is 0 Å². The Hall–Kier alpha value is -1.22. The lowest BCUT2D eigenvalue weighted by molar-refractivity contribution is 0.0925. The predicted octanol–water partition coefficient (Wildman–Crippen LogP) is 3.37. The van der Waals surface area contributed by atoms with Crippen LogP contribution in [0.15, 0.2) is 24.3 Å². The van der Waals surface area contributed by atoms with Gasteiger partial charge in [0.2, 0.25) is 0 Å². The Labute approximate surface area is 119 Å². The Morgan fingerprint density at radius 2 is 2.11 bits per heavy atom. The second-order valence-electron chi connectivity index (χ2n) is 4.81. The molecule has 2 unspecified atom stereocenters. The summed E-state index contributed by atoms with van der Waals surface area (Å²) < 4.78 is 5.48. The molecule has 0 radical (unpaired) electrons. The molecule has 0 saturated heterocycles. The lowest BCUT2D eigenvalue weighted by Gasteiger charge is -2.28. The van der Waals surface area contributed by atoms with Crippen LogP contribution in [-0.4, -0.2) is 23.9 Å². The maximum absolute atomic E-state index is 12.3. The normalized spacial score (nSPS) is 22.8. The summed E-state index contributed by atoms with van der Waals surface area (Å²) in [6, 6.07) is 7.38. The van der Waals surface area contributed by atoms with Crippen LogP contribution in [0.25, 0.3) is 0 Å². The minimum Gasteiger partial charge on any atom is -0.493 e. The molecule has 1 N–H and O–H groups in total. The van der Waals surface area contributed by atoms with E-state index in [0.717, 1.165) is 25.7 Å². The van der Waals surface area contributed by atoms with E-state index >= 15 is 0 Å². The Bertz CT molecular complexity index is 436. The molecular weight excluding hydrogens is 262 g/mol. The van der Waals surface area contributed by atoms with E-state index in [1.165, 1.54) is 0 Å². The number of carbonyl (C=O) groups excluding carboxylic acids is 1. The first-order valence-electron chi connectivity index (χ1n) is 6.89. The molecule has 0 bridgehead atoms. The van der Waals surface area contributed by atoms with Crippen molar-refractivity contribution >= 4 is 17.5 Å². The summed E-state index contributed by atoms with van der Waals surface area (Å²) in [6.45, 7) is 2.45. The number of para-hydroxylation sites is 1. The molecule has 1 aliphatic carbocycles. The first kappa shape index (κ1) is 14.2. The van der Waals surface area contributed by atoms with Gasteiger partial charge in [0.1, 0.15) is 5.75 Å². The summed E-state index contributed by atoms with van der Waals surface area (Å²) >= 11 is 6.27. The molecule has 1 fully saturated rings. The van der Waals surface area contributed by atoms with Crippen molar-refractivity contribution in [2.75, 3.05) is 6.61 Å². The smallest absolute Gasteiger partial charge is 0.255 e. The van der Waals surface area contributed by atoms with Gasteiger partial charge >= 0.3 is 0 Å². The summed E-state index contributed by atoms with van der Waals surface area (Å²) in [5, 5.41) is 3.07. The van der Waals surface area contributed by atoms with Crippen molar-refractivity contribution < 1.29 is 9.53 Å². The van der Waals surface area contributed by atoms with Crippen LogP contribution in [0.3, 0.4) is 0 Å². The van der Waals surface area contributed by atoms with Crippen LogP contribution in [0, 0.1) is 0 Å². The highest BCUT2D eigenvalue weighted by Gasteiger charge is 2.25. The molecule has 1 saturated carbocycles. The monoisotopic (exact) mass is 281 g/mol. The Morgan fingerprint density at radius 3 is 2.84 bits per heavy atom. The molecule has 1 aliphatic rings. The Kier molecular flexibility index (Phi) is 5.08. The second-order valence-corrected chi connectivity index (χ2v) is 5.37. The quantitative estimate of drug-likeness (QED) is 0.860.